The van der Waals surface area contributed by atoms with Crippen molar-refractivity contribution in [3.63, 3.8) is 0 Å². The number of aliphatic hydroxyl groups is 4. The molecule has 9 heteroatoms. The Kier molecular flexibility index (Phi) is 5.44. The Hall–Kier alpha value is -1.46. The third kappa shape index (κ3) is 3.32. The molecule has 7 unspecified atom stereocenters. The molecule has 0 aliphatic carbocycles. The zero-order chi connectivity index (χ0) is 18.1. The molecule has 0 aromatic heterocycles. The third-order valence-corrected chi connectivity index (χ3v) is 4.49. The number of ether oxygens (including phenoxy) is 4. The van der Waals surface area contributed by atoms with Crippen LogP contribution < -0.4 is 4.74 Å². The summed E-state index contributed by atoms with van der Waals surface area (Å²) in [6.45, 7) is -0.894. The number of benzene rings is 1. The molecule has 0 radical (unpaired) electrons. The van der Waals surface area contributed by atoms with Crippen molar-refractivity contribution < 1.29 is 44.5 Å². The summed E-state index contributed by atoms with van der Waals surface area (Å²) in [5.74, 6) is 0.183. The van der Waals surface area contributed by atoms with Crippen LogP contribution in [0.1, 0.15) is 11.7 Å². The van der Waals surface area contributed by atoms with Crippen LogP contribution in [0, 0.1) is 0 Å². The maximum Gasteiger partial charge on any atom is 0.187 e. The number of phenolic OH excluding ortho intramolecular Hbond substituents is 1. The van der Waals surface area contributed by atoms with Crippen molar-refractivity contribution in [2.75, 3.05) is 20.3 Å². The Morgan fingerprint density at radius 3 is 2.36 bits per heavy atom. The van der Waals surface area contributed by atoms with Crippen molar-refractivity contribution in [3.05, 3.63) is 23.8 Å². The van der Waals surface area contributed by atoms with E-state index in [1.54, 1.807) is 12.1 Å². The first-order valence-electron chi connectivity index (χ1n) is 7.91. The van der Waals surface area contributed by atoms with E-state index in [2.05, 4.69) is 0 Å². The first-order valence-corrected chi connectivity index (χ1v) is 7.91. The number of aromatic hydroxyl groups is 1. The van der Waals surface area contributed by atoms with Crippen molar-refractivity contribution in [2.45, 2.75) is 42.9 Å². The van der Waals surface area contributed by atoms with Crippen LogP contribution in [0.15, 0.2) is 18.2 Å². The molecule has 9 nitrogen and oxygen atoms in total. The fourth-order valence-corrected chi connectivity index (χ4v) is 3.12. The minimum Gasteiger partial charge on any atom is -0.504 e. The fraction of sp³-hybridized carbons (Fsp3) is 0.625. The van der Waals surface area contributed by atoms with Gasteiger partial charge in [0.2, 0.25) is 0 Å². The second-order valence-corrected chi connectivity index (χ2v) is 6.02. The quantitative estimate of drug-likeness (QED) is 0.442. The predicted molar refractivity (Wildman–Crippen MR) is 82.0 cm³/mol. The van der Waals surface area contributed by atoms with Crippen molar-refractivity contribution in [1.82, 2.24) is 0 Å². The summed E-state index contributed by atoms with van der Waals surface area (Å²) in [5, 5.41) is 48.7. The lowest BCUT2D eigenvalue weighted by atomic mass is 9.96. The molecular formula is C16H22O9. The molecule has 0 saturated carbocycles. The smallest absolute Gasteiger partial charge is 0.187 e. The molecule has 0 bridgehead atoms. The molecule has 140 valence electrons. The van der Waals surface area contributed by atoms with Crippen LogP contribution in [0.4, 0.5) is 0 Å². The summed E-state index contributed by atoms with van der Waals surface area (Å²) in [7, 11) is 1.41. The molecule has 1 aromatic rings. The van der Waals surface area contributed by atoms with Gasteiger partial charge in [0.1, 0.15) is 36.6 Å². The molecule has 2 aliphatic heterocycles. The largest absolute Gasteiger partial charge is 0.504 e. The number of rotatable bonds is 4. The van der Waals surface area contributed by atoms with Crippen molar-refractivity contribution in [1.29, 1.82) is 0 Å². The second kappa shape index (κ2) is 7.42. The molecule has 2 fully saturated rings. The third-order valence-electron chi connectivity index (χ3n) is 4.49. The number of hydrogen-bond acceptors (Lipinski definition) is 9. The van der Waals surface area contributed by atoms with Crippen LogP contribution in [0.5, 0.6) is 11.5 Å². The van der Waals surface area contributed by atoms with Crippen LogP contribution in [0.25, 0.3) is 0 Å². The normalized spacial score (nSPS) is 38.2. The van der Waals surface area contributed by atoms with Gasteiger partial charge in [0.25, 0.3) is 0 Å². The Morgan fingerprint density at radius 1 is 1.00 bits per heavy atom. The lowest BCUT2D eigenvalue weighted by Gasteiger charge is -2.48. The molecule has 1 aromatic carbocycles. The van der Waals surface area contributed by atoms with E-state index >= 15 is 0 Å². The van der Waals surface area contributed by atoms with Crippen LogP contribution >= 0.6 is 0 Å². The Balaban J connectivity index is 1.86. The summed E-state index contributed by atoms with van der Waals surface area (Å²) in [6.07, 6.45) is -7.32. The van der Waals surface area contributed by atoms with Gasteiger partial charge in [-0.05, 0) is 17.7 Å². The average Bonchev–Trinajstić information content (AvgIpc) is 2.64. The zero-order valence-corrected chi connectivity index (χ0v) is 13.6. The number of fused-ring (bicyclic) bond motifs is 1. The molecule has 2 aliphatic rings. The fourth-order valence-electron chi connectivity index (χ4n) is 3.12. The van der Waals surface area contributed by atoms with Gasteiger partial charge in [0.15, 0.2) is 17.8 Å². The van der Waals surface area contributed by atoms with Crippen molar-refractivity contribution in [2.24, 2.45) is 0 Å². The molecule has 25 heavy (non-hydrogen) atoms. The van der Waals surface area contributed by atoms with E-state index in [0.29, 0.717) is 5.56 Å². The Bertz CT molecular complexity index is 595. The number of methoxy groups -OCH3 is 1. The van der Waals surface area contributed by atoms with E-state index in [-0.39, 0.29) is 11.5 Å². The van der Waals surface area contributed by atoms with Crippen LogP contribution in [0.3, 0.4) is 0 Å². The van der Waals surface area contributed by atoms with Gasteiger partial charge in [0.05, 0.1) is 20.3 Å². The molecule has 2 heterocycles. The summed E-state index contributed by atoms with van der Waals surface area (Å²) >= 11 is 0. The Morgan fingerprint density at radius 2 is 1.72 bits per heavy atom. The van der Waals surface area contributed by atoms with Gasteiger partial charge in [-0.25, -0.2) is 0 Å². The minimum absolute atomic E-state index is 0.0470. The number of phenols is 1. The molecule has 7 atom stereocenters. The Labute approximate surface area is 143 Å². The van der Waals surface area contributed by atoms with Gasteiger partial charge in [-0.15, -0.1) is 0 Å². The number of hydrogen-bond donors (Lipinski definition) is 5. The maximum atomic E-state index is 10.2. The van der Waals surface area contributed by atoms with Crippen molar-refractivity contribution >= 4 is 0 Å². The van der Waals surface area contributed by atoms with E-state index in [1.165, 1.54) is 13.2 Å². The molecule has 5 N–H and O–H groups in total. The average molecular weight is 358 g/mol. The van der Waals surface area contributed by atoms with E-state index in [9.17, 15) is 25.5 Å². The summed E-state index contributed by atoms with van der Waals surface area (Å²) in [6, 6.07) is 4.56. The van der Waals surface area contributed by atoms with Gasteiger partial charge in [-0.2, -0.15) is 0 Å². The molecule has 0 amide bonds. The standard InChI is InChI=1S/C16H22O9/c1-22-9-4-7(2-3-8(9)19)14-11(6-18)23-15-13(21)12(20)10(5-17)24-16(15)25-14/h2-4,10-21H,5-6H2,1H3. The molecule has 2 saturated heterocycles. The molecular weight excluding hydrogens is 336 g/mol. The van der Waals surface area contributed by atoms with E-state index in [0.717, 1.165) is 0 Å². The SMILES string of the molecule is COc1cc(C2OC3OC(CO)C(O)C(O)C3OC2CO)ccc1O. The van der Waals surface area contributed by atoms with E-state index in [1.807, 2.05) is 0 Å². The predicted octanol–water partition coefficient (Wildman–Crippen LogP) is -1.34. The summed E-state index contributed by atoms with van der Waals surface area (Å²) in [5.41, 5.74) is 0.567. The van der Waals surface area contributed by atoms with Gasteiger partial charge in [0, 0.05) is 0 Å². The van der Waals surface area contributed by atoms with Gasteiger partial charge in [-0.1, -0.05) is 6.07 Å². The highest BCUT2D eigenvalue weighted by Crippen LogP contribution is 2.39. The molecule has 3 rings (SSSR count). The molecule has 0 spiro atoms. The van der Waals surface area contributed by atoms with E-state index < -0.39 is 56.1 Å². The zero-order valence-electron chi connectivity index (χ0n) is 13.6. The lowest BCUT2D eigenvalue weighted by Crippen LogP contribution is -2.63. The summed E-state index contributed by atoms with van der Waals surface area (Å²) < 4.78 is 22.1. The minimum atomic E-state index is -1.33. The maximum absolute atomic E-state index is 10.2. The number of aliphatic hydroxyl groups excluding tert-OH is 4. The van der Waals surface area contributed by atoms with Gasteiger partial charge < -0.3 is 44.5 Å². The van der Waals surface area contributed by atoms with Crippen LogP contribution in [-0.4, -0.2) is 82.7 Å². The first kappa shape index (κ1) is 18.3. The van der Waals surface area contributed by atoms with Gasteiger partial charge >= 0.3 is 0 Å². The second-order valence-electron chi connectivity index (χ2n) is 6.02. The van der Waals surface area contributed by atoms with Crippen molar-refractivity contribution in [3.8, 4) is 11.5 Å². The van der Waals surface area contributed by atoms with E-state index in [4.69, 9.17) is 18.9 Å². The van der Waals surface area contributed by atoms with Gasteiger partial charge in [-0.3, -0.25) is 0 Å². The van der Waals surface area contributed by atoms with Crippen LogP contribution in [0.2, 0.25) is 0 Å². The highest BCUT2D eigenvalue weighted by atomic mass is 16.7. The highest BCUT2D eigenvalue weighted by molar-refractivity contribution is 5.42. The lowest BCUT2D eigenvalue weighted by molar-refractivity contribution is -0.371. The topological polar surface area (TPSA) is 138 Å². The van der Waals surface area contributed by atoms with Crippen LogP contribution in [-0.2, 0) is 14.2 Å². The monoisotopic (exact) mass is 358 g/mol. The highest BCUT2D eigenvalue weighted by Gasteiger charge is 2.51. The summed E-state index contributed by atoms with van der Waals surface area (Å²) in [4.78, 5) is 0. The first-order chi connectivity index (χ1) is 12.0.